The molecular weight excluding hydrogens is 706 g/mol. The van der Waals surface area contributed by atoms with Crippen molar-refractivity contribution in [2.24, 2.45) is 0 Å². The smallest absolute Gasteiger partial charge is 0.273 e. The van der Waals surface area contributed by atoms with Gasteiger partial charge >= 0.3 is 0 Å². The second-order valence-corrected chi connectivity index (χ2v) is 10.3. The molecule has 6 rings (SSSR count). The van der Waals surface area contributed by atoms with Crippen molar-refractivity contribution < 1.29 is 0 Å². The molecule has 8 nitrogen and oxygen atoms in total. The van der Waals surface area contributed by atoms with Gasteiger partial charge in [-0.25, -0.2) is 19.3 Å². The number of hydrogen-bond acceptors (Lipinski definition) is 4. The molecule has 0 unspecified atom stereocenters. The van der Waals surface area contributed by atoms with Crippen molar-refractivity contribution >= 4 is 45.2 Å². The van der Waals surface area contributed by atoms with Gasteiger partial charge in [0, 0.05) is 42.8 Å². The van der Waals surface area contributed by atoms with Crippen molar-refractivity contribution in [1.29, 1.82) is 0 Å². The van der Waals surface area contributed by atoms with E-state index in [1.54, 1.807) is 36.7 Å². The van der Waals surface area contributed by atoms with Gasteiger partial charge in [0.2, 0.25) is 0 Å². The number of H-pyrrole nitrogens is 2. The van der Waals surface area contributed by atoms with Crippen molar-refractivity contribution in [2.45, 2.75) is 0 Å². The molecule has 2 N–H and O–H groups in total. The maximum absolute atomic E-state index is 12.0. The summed E-state index contributed by atoms with van der Waals surface area (Å²) in [6.45, 7) is 0. The third-order valence-electron chi connectivity index (χ3n) is 5.53. The summed E-state index contributed by atoms with van der Waals surface area (Å²) in [4.78, 5) is 32.4. The van der Waals surface area contributed by atoms with Crippen LogP contribution in [0.25, 0.3) is 34.2 Å². The Bertz CT molecular complexity index is 1660. The Hall–Kier alpha value is -3.78. The molecule has 4 aromatic heterocycles. The first-order chi connectivity index (χ1) is 18.5. The summed E-state index contributed by atoms with van der Waals surface area (Å²) < 4.78 is 5.07. The molecule has 10 heteroatoms. The van der Waals surface area contributed by atoms with E-state index in [2.05, 4.69) is 65.3 Å². The van der Waals surface area contributed by atoms with Gasteiger partial charge in [-0.1, -0.05) is 48.5 Å². The summed E-state index contributed by atoms with van der Waals surface area (Å²) in [5.41, 5.74) is 3.37. The van der Waals surface area contributed by atoms with Gasteiger partial charge in [0.05, 0.1) is 11.4 Å². The summed E-state index contributed by atoms with van der Waals surface area (Å²) in [6, 6.07) is 29.9. The average molecular weight is 726 g/mol. The quantitative estimate of drug-likeness (QED) is 0.229. The fourth-order valence-electron chi connectivity index (χ4n) is 3.74. The van der Waals surface area contributed by atoms with Gasteiger partial charge in [0.25, 0.3) is 11.1 Å². The summed E-state index contributed by atoms with van der Waals surface area (Å²) >= 11 is 4.51. The topological polar surface area (TPSA) is 101 Å². The van der Waals surface area contributed by atoms with E-state index in [1.165, 1.54) is 9.36 Å². The van der Waals surface area contributed by atoms with Crippen LogP contribution < -0.4 is 11.1 Å². The summed E-state index contributed by atoms with van der Waals surface area (Å²) in [7, 11) is 0. The van der Waals surface area contributed by atoms with Gasteiger partial charge in [-0.2, -0.15) is 0 Å². The van der Waals surface area contributed by atoms with Crippen LogP contribution in [0.2, 0.25) is 0 Å². The van der Waals surface area contributed by atoms with E-state index >= 15 is 0 Å². The molecule has 0 saturated carbocycles. The second kappa shape index (κ2) is 11.7. The molecule has 0 atom stereocenters. The van der Waals surface area contributed by atoms with Gasteiger partial charge in [-0.05, 0) is 81.6 Å². The largest absolute Gasteiger partial charge is 0.289 e. The zero-order valence-corrected chi connectivity index (χ0v) is 24.1. The molecule has 6 aromatic rings. The molecule has 0 aliphatic rings. The number of pyridine rings is 2. The predicted octanol–water partition coefficient (Wildman–Crippen LogP) is 5.66. The monoisotopic (exact) mass is 726 g/mol. The Balaban J connectivity index is 0.000000155. The van der Waals surface area contributed by atoms with Crippen LogP contribution in [-0.4, -0.2) is 29.5 Å². The van der Waals surface area contributed by atoms with Crippen molar-refractivity contribution in [3.05, 3.63) is 137 Å². The molecule has 0 aliphatic heterocycles. The average Bonchev–Trinajstić information content (AvgIpc) is 3.53. The normalized spacial score (nSPS) is 10.6. The molecule has 0 fully saturated rings. The Labute approximate surface area is 244 Å². The summed E-state index contributed by atoms with van der Waals surface area (Å²) in [6.07, 6.45) is 3.32. The van der Waals surface area contributed by atoms with Crippen LogP contribution in [0.15, 0.2) is 119 Å². The van der Waals surface area contributed by atoms with E-state index in [0.717, 1.165) is 29.7 Å². The Kier molecular flexibility index (Phi) is 7.98. The fourth-order valence-corrected chi connectivity index (χ4v) is 5.10. The molecule has 0 bridgehead atoms. The highest BCUT2D eigenvalue weighted by Crippen LogP contribution is 2.23. The van der Waals surface area contributed by atoms with Crippen LogP contribution in [0.3, 0.4) is 0 Å². The van der Waals surface area contributed by atoms with E-state index in [1.807, 2.05) is 72.8 Å². The molecule has 0 spiro atoms. The third-order valence-corrected chi connectivity index (χ3v) is 7.41. The Morgan fingerprint density at radius 2 is 0.947 bits per heavy atom. The van der Waals surface area contributed by atoms with Gasteiger partial charge in [0.15, 0.2) is 11.6 Å². The van der Waals surface area contributed by atoms with E-state index in [-0.39, 0.29) is 11.1 Å². The molecule has 188 valence electrons. The molecule has 4 heterocycles. The lowest BCUT2D eigenvalue weighted by molar-refractivity contribution is 0.821. The SMILES string of the molecule is O=c1cc(-c2ccccc2I)[nH]n1-c1ccccn1.O=c1cc(-c2ccccc2I)[nH]n1-c1ccccn1. The first kappa shape index (κ1) is 25.9. The molecule has 0 amide bonds. The van der Waals surface area contributed by atoms with Crippen LogP contribution in [0.1, 0.15) is 0 Å². The number of nitrogens with one attached hydrogen (secondary N) is 2. The lowest BCUT2D eigenvalue weighted by Crippen LogP contribution is -2.14. The number of nitrogens with zero attached hydrogens (tertiary/aromatic N) is 4. The number of hydrogen-bond donors (Lipinski definition) is 2. The predicted molar refractivity (Wildman–Crippen MR) is 165 cm³/mol. The van der Waals surface area contributed by atoms with Crippen LogP contribution in [0.4, 0.5) is 0 Å². The molecule has 0 aliphatic carbocycles. The minimum absolute atomic E-state index is 0.117. The number of halogens is 2. The first-order valence-corrected chi connectivity index (χ1v) is 13.6. The number of aromatic nitrogens is 6. The van der Waals surface area contributed by atoms with Crippen LogP contribution >= 0.6 is 45.2 Å². The van der Waals surface area contributed by atoms with Crippen molar-refractivity contribution in [3.8, 4) is 34.2 Å². The van der Waals surface area contributed by atoms with Crippen LogP contribution in [0, 0.1) is 7.14 Å². The zero-order chi connectivity index (χ0) is 26.5. The molecule has 38 heavy (non-hydrogen) atoms. The minimum atomic E-state index is -0.117. The summed E-state index contributed by atoms with van der Waals surface area (Å²) in [5, 5.41) is 6.18. The van der Waals surface area contributed by atoms with Crippen molar-refractivity contribution in [3.63, 3.8) is 0 Å². The van der Waals surface area contributed by atoms with Crippen molar-refractivity contribution in [1.82, 2.24) is 29.5 Å². The van der Waals surface area contributed by atoms with Crippen LogP contribution in [0.5, 0.6) is 0 Å². The standard InChI is InChI=1S/2C14H10IN3O/c2*15-11-6-2-1-5-10(11)12-9-14(19)18(17-12)13-7-3-4-8-16-13/h2*1-9,17H. The van der Waals surface area contributed by atoms with Gasteiger partial charge in [-0.15, -0.1) is 0 Å². The molecular formula is C28H20I2N6O2. The minimum Gasteiger partial charge on any atom is -0.289 e. The third kappa shape index (κ3) is 5.70. The van der Waals surface area contributed by atoms with Crippen molar-refractivity contribution in [2.75, 3.05) is 0 Å². The Morgan fingerprint density at radius 1 is 0.553 bits per heavy atom. The zero-order valence-electron chi connectivity index (χ0n) is 19.8. The van der Waals surface area contributed by atoms with E-state index in [0.29, 0.717) is 11.6 Å². The van der Waals surface area contributed by atoms with Gasteiger partial charge in [0.1, 0.15) is 0 Å². The molecule has 2 aromatic carbocycles. The van der Waals surface area contributed by atoms with Crippen LogP contribution in [-0.2, 0) is 0 Å². The molecule has 0 radical (unpaired) electrons. The molecule has 0 saturated heterocycles. The van der Waals surface area contributed by atoms with Gasteiger partial charge in [-0.3, -0.25) is 19.8 Å². The first-order valence-electron chi connectivity index (χ1n) is 11.5. The highest BCUT2D eigenvalue weighted by Gasteiger charge is 2.10. The lowest BCUT2D eigenvalue weighted by atomic mass is 10.2. The maximum atomic E-state index is 12.0. The second-order valence-electron chi connectivity index (χ2n) is 8.02. The highest BCUT2D eigenvalue weighted by molar-refractivity contribution is 14.1. The van der Waals surface area contributed by atoms with E-state index < -0.39 is 0 Å². The van der Waals surface area contributed by atoms with E-state index in [4.69, 9.17) is 0 Å². The number of rotatable bonds is 4. The fraction of sp³-hybridized carbons (Fsp3) is 0. The highest BCUT2D eigenvalue weighted by atomic mass is 127. The lowest BCUT2D eigenvalue weighted by Gasteiger charge is -2.02. The van der Waals surface area contributed by atoms with E-state index in [9.17, 15) is 9.59 Å². The number of aromatic amines is 2. The maximum Gasteiger partial charge on any atom is 0.273 e. The van der Waals surface area contributed by atoms with Gasteiger partial charge < -0.3 is 0 Å². The summed E-state index contributed by atoms with van der Waals surface area (Å²) in [5.74, 6) is 1.18. The Morgan fingerprint density at radius 3 is 1.32 bits per heavy atom. The number of benzene rings is 2.